The van der Waals surface area contributed by atoms with Crippen molar-refractivity contribution in [2.24, 2.45) is 0 Å². The first-order valence-corrected chi connectivity index (χ1v) is 5.68. The first kappa shape index (κ1) is 12.9. The fraction of sp³-hybridized carbons (Fsp3) is 0.250. The lowest BCUT2D eigenvalue weighted by Gasteiger charge is -2.12. The van der Waals surface area contributed by atoms with E-state index in [0.29, 0.717) is 35.8 Å². The van der Waals surface area contributed by atoms with Crippen molar-refractivity contribution in [2.75, 3.05) is 24.7 Å². The maximum absolute atomic E-state index is 11.6. The molecule has 1 heterocycles. The van der Waals surface area contributed by atoms with E-state index in [1.54, 1.807) is 18.2 Å². The van der Waals surface area contributed by atoms with Crippen LogP contribution in [0.25, 0.3) is 0 Å². The van der Waals surface area contributed by atoms with Crippen LogP contribution in [0.15, 0.2) is 29.0 Å². The molecule has 2 rings (SSSR count). The molecule has 0 aliphatic carbocycles. The van der Waals surface area contributed by atoms with Crippen LogP contribution in [-0.4, -0.2) is 29.8 Å². The molecular formula is C12H14N4O3. The molecule has 0 saturated heterocycles. The second-order valence-corrected chi connectivity index (χ2v) is 3.77. The van der Waals surface area contributed by atoms with Crippen LogP contribution < -0.4 is 11.1 Å². The number of ether oxygens (including phenoxy) is 1. The van der Waals surface area contributed by atoms with Crippen molar-refractivity contribution in [1.29, 1.82) is 0 Å². The van der Waals surface area contributed by atoms with Gasteiger partial charge in [0.15, 0.2) is 6.33 Å². The van der Waals surface area contributed by atoms with Crippen LogP contribution in [0.1, 0.15) is 16.2 Å². The third kappa shape index (κ3) is 3.01. The van der Waals surface area contributed by atoms with Gasteiger partial charge >= 0.3 is 5.97 Å². The average Bonchev–Trinajstić information content (AvgIpc) is 2.93. The Kier molecular flexibility index (Phi) is 3.97. The number of para-hydroxylation sites is 1. The Hall–Kier alpha value is -2.57. The van der Waals surface area contributed by atoms with Crippen molar-refractivity contribution in [3.05, 3.63) is 36.0 Å². The van der Waals surface area contributed by atoms with Gasteiger partial charge in [0.1, 0.15) is 0 Å². The van der Waals surface area contributed by atoms with Crippen LogP contribution in [0.2, 0.25) is 0 Å². The molecule has 7 heteroatoms. The number of anilines is 2. The van der Waals surface area contributed by atoms with E-state index in [4.69, 9.17) is 15.0 Å². The number of hydrogen-bond donors (Lipinski definition) is 2. The number of aromatic nitrogens is 2. The van der Waals surface area contributed by atoms with Crippen LogP contribution in [0.5, 0.6) is 0 Å². The lowest BCUT2D eigenvalue weighted by atomic mass is 10.1. The van der Waals surface area contributed by atoms with Crippen molar-refractivity contribution < 1.29 is 14.1 Å². The molecule has 0 bridgehead atoms. The number of esters is 1. The normalized spacial score (nSPS) is 10.2. The van der Waals surface area contributed by atoms with E-state index in [1.165, 1.54) is 13.4 Å². The molecule has 0 radical (unpaired) electrons. The summed E-state index contributed by atoms with van der Waals surface area (Å²) < 4.78 is 9.59. The molecule has 2 aromatic rings. The number of nitrogen functional groups attached to an aromatic ring is 1. The van der Waals surface area contributed by atoms with E-state index in [2.05, 4.69) is 15.5 Å². The van der Waals surface area contributed by atoms with Gasteiger partial charge in [-0.05, 0) is 12.1 Å². The summed E-state index contributed by atoms with van der Waals surface area (Å²) in [5.74, 6) is 0.0780. The van der Waals surface area contributed by atoms with Gasteiger partial charge in [0.2, 0.25) is 5.89 Å². The van der Waals surface area contributed by atoms with Gasteiger partial charge in [0, 0.05) is 13.0 Å². The van der Waals surface area contributed by atoms with Crippen LogP contribution in [0.3, 0.4) is 0 Å². The van der Waals surface area contributed by atoms with Crippen LogP contribution in [0, 0.1) is 0 Å². The zero-order chi connectivity index (χ0) is 13.7. The maximum atomic E-state index is 11.6. The SMILES string of the molecule is COC(=O)c1cccc(N)c1NCCc1ncno1. The number of rotatable bonds is 5. The van der Waals surface area contributed by atoms with Crippen molar-refractivity contribution in [3.63, 3.8) is 0 Å². The van der Waals surface area contributed by atoms with Gasteiger partial charge in [0.05, 0.1) is 24.0 Å². The largest absolute Gasteiger partial charge is 0.465 e. The third-order valence-corrected chi connectivity index (χ3v) is 2.55. The van der Waals surface area contributed by atoms with E-state index in [1.807, 2.05) is 0 Å². The van der Waals surface area contributed by atoms with Crippen LogP contribution in [0.4, 0.5) is 11.4 Å². The minimum Gasteiger partial charge on any atom is -0.465 e. The highest BCUT2D eigenvalue weighted by molar-refractivity contribution is 5.98. The average molecular weight is 262 g/mol. The van der Waals surface area contributed by atoms with Gasteiger partial charge in [-0.15, -0.1) is 0 Å². The summed E-state index contributed by atoms with van der Waals surface area (Å²) in [5.41, 5.74) is 7.28. The molecule has 0 fully saturated rings. The lowest BCUT2D eigenvalue weighted by molar-refractivity contribution is 0.0602. The standard InChI is InChI=1S/C12H14N4O3/c1-18-12(17)8-3-2-4-9(13)11(8)14-6-5-10-15-7-16-19-10/h2-4,7,14H,5-6,13H2,1H3. The number of nitrogens with zero attached hydrogens (tertiary/aromatic N) is 2. The van der Waals surface area contributed by atoms with E-state index < -0.39 is 5.97 Å². The summed E-state index contributed by atoms with van der Waals surface area (Å²) in [6.45, 7) is 0.514. The van der Waals surface area contributed by atoms with E-state index in [9.17, 15) is 4.79 Å². The zero-order valence-electron chi connectivity index (χ0n) is 10.4. The number of methoxy groups -OCH3 is 1. The Labute approximate surface area is 109 Å². The molecule has 19 heavy (non-hydrogen) atoms. The molecule has 7 nitrogen and oxygen atoms in total. The Morgan fingerprint density at radius 2 is 2.37 bits per heavy atom. The highest BCUT2D eigenvalue weighted by Crippen LogP contribution is 2.24. The molecule has 0 spiro atoms. The van der Waals surface area contributed by atoms with Crippen molar-refractivity contribution >= 4 is 17.3 Å². The number of hydrogen-bond acceptors (Lipinski definition) is 7. The number of benzene rings is 1. The summed E-state index contributed by atoms with van der Waals surface area (Å²) in [6, 6.07) is 5.06. The molecule has 0 aliphatic heterocycles. The van der Waals surface area contributed by atoms with Gasteiger partial charge in [-0.3, -0.25) is 0 Å². The molecule has 0 unspecified atom stereocenters. The lowest BCUT2D eigenvalue weighted by Crippen LogP contribution is -2.12. The molecule has 100 valence electrons. The van der Waals surface area contributed by atoms with Gasteiger partial charge in [0.25, 0.3) is 0 Å². The highest BCUT2D eigenvalue weighted by Gasteiger charge is 2.13. The summed E-state index contributed by atoms with van der Waals surface area (Å²) in [7, 11) is 1.33. The second-order valence-electron chi connectivity index (χ2n) is 3.77. The molecule has 0 aliphatic rings. The number of carbonyl (C=O) groups excluding carboxylic acids is 1. The molecule has 1 aromatic carbocycles. The fourth-order valence-corrected chi connectivity index (χ4v) is 1.65. The summed E-state index contributed by atoms with van der Waals surface area (Å²) in [4.78, 5) is 15.5. The predicted octanol–water partition coefficient (Wildman–Crippen LogP) is 1.09. The third-order valence-electron chi connectivity index (χ3n) is 2.55. The quantitative estimate of drug-likeness (QED) is 0.614. The smallest absolute Gasteiger partial charge is 0.340 e. The molecule has 3 N–H and O–H groups in total. The van der Waals surface area contributed by atoms with E-state index in [0.717, 1.165) is 0 Å². The molecule has 0 saturated carbocycles. The van der Waals surface area contributed by atoms with Crippen molar-refractivity contribution in [3.8, 4) is 0 Å². The van der Waals surface area contributed by atoms with Gasteiger partial charge in [-0.1, -0.05) is 11.2 Å². The summed E-state index contributed by atoms with van der Waals surface area (Å²) >= 11 is 0. The minimum atomic E-state index is -0.437. The Morgan fingerprint density at radius 1 is 1.53 bits per heavy atom. The molecule has 0 amide bonds. The topological polar surface area (TPSA) is 103 Å². The second kappa shape index (κ2) is 5.85. The number of nitrogens with two attached hydrogens (primary N) is 1. The van der Waals surface area contributed by atoms with Gasteiger partial charge in [-0.25, -0.2) is 4.79 Å². The Bertz CT molecular complexity index is 554. The Balaban J connectivity index is 2.08. The first-order valence-electron chi connectivity index (χ1n) is 5.68. The van der Waals surface area contributed by atoms with Crippen LogP contribution >= 0.6 is 0 Å². The highest BCUT2D eigenvalue weighted by atomic mass is 16.5. The van der Waals surface area contributed by atoms with E-state index >= 15 is 0 Å². The van der Waals surface area contributed by atoms with Gasteiger partial charge < -0.3 is 20.3 Å². The number of carbonyl (C=O) groups is 1. The molecular weight excluding hydrogens is 248 g/mol. The molecule has 1 aromatic heterocycles. The van der Waals surface area contributed by atoms with E-state index in [-0.39, 0.29) is 0 Å². The molecule has 0 atom stereocenters. The number of nitrogens with one attached hydrogen (secondary N) is 1. The summed E-state index contributed by atoms with van der Waals surface area (Å²) in [6.07, 6.45) is 1.88. The first-order chi connectivity index (χ1) is 9.22. The zero-order valence-corrected chi connectivity index (χ0v) is 10.4. The Morgan fingerprint density at radius 3 is 3.05 bits per heavy atom. The van der Waals surface area contributed by atoms with Gasteiger partial charge in [-0.2, -0.15) is 4.98 Å². The monoisotopic (exact) mass is 262 g/mol. The minimum absolute atomic E-state index is 0.396. The van der Waals surface area contributed by atoms with Crippen LogP contribution in [-0.2, 0) is 11.2 Å². The van der Waals surface area contributed by atoms with Crippen molar-refractivity contribution in [1.82, 2.24) is 10.1 Å². The van der Waals surface area contributed by atoms with Crippen molar-refractivity contribution in [2.45, 2.75) is 6.42 Å². The summed E-state index contributed by atoms with van der Waals surface area (Å²) in [5, 5.41) is 6.59. The maximum Gasteiger partial charge on any atom is 0.340 e. The predicted molar refractivity (Wildman–Crippen MR) is 68.7 cm³/mol. The fourth-order valence-electron chi connectivity index (χ4n) is 1.65.